The Kier molecular flexibility index (Phi) is 6.65. The van der Waals surface area contributed by atoms with Crippen LogP contribution >= 0.6 is 23.4 Å². The van der Waals surface area contributed by atoms with E-state index in [9.17, 15) is 4.79 Å². The zero-order chi connectivity index (χ0) is 20.1. The summed E-state index contributed by atoms with van der Waals surface area (Å²) in [5.41, 5.74) is 1.48. The zero-order valence-corrected chi connectivity index (χ0v) is 17.5. The van der Waals surface area contributed by atoms with E-state index in [4.69, 9.17) is 21.1 Å². The number of carbonyl (C=O) groups excluding carboxylic acids is 1. The number of aliphatic imine (C=N–C) groups is 1. The first-order valence-electron chi connectivity index (χ1n) is 8.85. The van der Waals surface area contributed by atoms with E-state index in [0.29, 0.717) is 38.9 Å². The molecule has 7 heteroatoms. The molecule has 0 unspecified atom stereocenters. The number of nitrogens with zero attached hydrogens (tertiary/aromatic N) is 2. The number of likely N-dealkylation sites (N-methyl/N-ethyl adjacent to an activating group) is 1. The Morgan fingerprint density at radius 3 is 2.71 bits per heavy atom. The molecule has 1 saturated heterocycles. The van der Waals surface area contributed by atoms with Gasteiger partial charge in [0.1, 0.15) is 0 Å². The van der Waals surface area contributed by atoms with Crippen molar-refractivity contribution in [3.05, 3.63) is 58.0 Å². The van der Waals surface area contributed by atoms with Crippen molar-refractivity contribution in [3.63, 3.8) is 0 Å². The average molecular weight is 417 g/mol. The van der Waals surface area contributed by atoms with Gasteiger partial charge in [0.2, 0.25) is 0 Å². The molecule has 0 atom stereocenters. The first-order valence-corrected chi connectivity index (χ1v) is 10.0. The molecule has 0 N–H and O–H groups in total. The van der Waals surface area contributed by atoms with E-state index in [1.165, 1.54) is 16.7 Å². The standard InChI is InChI=1S/C21H21ClN2O3S/c1-4-11-27-17-10-9-14(12-18(17)26-3)13-19-20(25)24(2)21(28-19)23-16-8-6-5-7-15(16)22/h5-10,12-13H,4,11H2,1-3H3/b19-13+,23-21?. The normalized spacial score (nSPS) is 16.9. The van der Waals surface area contributed by atoms with E-state index in [1.807, 2.05) is 49.4 Å². The summed E-state index contributed by atoms with van der Waals surface area (Å²) in [6.45, 7) is 2.67. The summed E-state index contributed by atoms with van der Waals surface area (Å²) in [6, 6.07) is 12.9. The van der Waals surface area contributed by atoms with Crippen molar-refractivity contribution in [1.29, 1.82) is 0 Å². The van der Waals surface area contributed by atoms with E-state index in [1.54, 1.807) is 20.2 Å². The fourth-order valence-electron chi connectivity index (χ4n) is 2.55. The van der Waals surface area contributed by atoms with Gasteiger partial charge in [-0.3, -0.25) is 9.69 Å². The minimum absolute atomic E-state index is 0.110. The Labute approximate surface area is 174 Å². The summed E-state index contributed by atoms with van der Waals surface area (Å²) >= 11 is 7.49. The Hall–Kier alpha value is -2.44. The van der Waals surface area contributed by atoms with Crippen LogP contribution in [0.1, 0.15) is 18.9 Å². The summed E-state index contributed by atoms with van der Waals surface area (Å²) < 4.78 is 11.1. The number of amides is 1. The third-order valence-corrected chi connectivity index (χ3v) is 5.40. The fraction of sp³-hybridized carbons (Fsp3) is 0.238. The number of halogens is 1. The maximum absolute atomic E-state index is 12.6. The fourth-order valence-corrected chi connectivity index (χ4v) is 3.71. The van der Waals surface area contributed by atoms with Crippen LogP contribution in [0.15, 0.2) is 52.4 Å². The Balaban J connectivity index is 1.87. The molecule has 5 nitrogen and oxygen atoms in total. The van der Waals surface area contributed by atoms with Crippen molar-refractivity contribution in [2.24, 2.45) is 4.99 Å². The van der Waals surface area contributed by atoms with Crippen LogP contribution in [0.2, 0.25) is 5.02 Å². The van der Waals surface area contributed by atoms with Crippen LogP contribution in [0.5, 0.6) is 11.5 Å². The molecule has 28 heavy (non-hydrogen) atoms. The highest BCUT2D eigenvalue weighted by atomic mass is 35.5. The van der Waals surface area contributed by atoms with Crippen molar-refractivity contribution in [2.75, 3.05) is 20.8 Å². The highest BCUT2D eigenvalue weighted by Gasteiger charge is 2.30. The summed E-state index contributed by atoms with van der Waals surface area (Å²) in [5.74, 6) is 1.22. The lowest BCUT2D eigenvalue weighted by atomic mass is 10.2. The number of para-hydroxylation sites is 1. The molecule has 0 aliphatic carbocycles. The SMILES string of the molecule is CCCOc1ccc(/C=C2/SC(=Nc3ccccc3Cl)N(C)C2=O)cc1OC. The van der Waals surface area contributed by atoms with Gasteiger partial charge in [0, 0.05) is 7.05 Å². The number of benzene rings is 2. The molecule has 0 spiro atoms. The molecule has 0 saturated carbocycles. The Morgan fingerprint density at radius 2 is 2.00 bits per heavy atom. The van der Waals surface area contributed by atoms with E-state index in [-0.39, 0.29) is 5.91 Å². The molecule has 0 bridgehead atoms. The number of ether oxygens (including phenoxy) is 2. The third kappa shape index (κ3) is 4.51. The van der Waals surface area contributed by atoms with Gasteiger partial charge < -0.3 is 9.47 Å². The highest BCUT2D eigenvalue weighted by Crippen LogP contribution is 2.36. The lowest BCUT2D eigenvalue weighted by molar-refractivity contribution is -0.121. The van der Waals surface area contributed by atoms with E-state index < -0.39 is 0 Å². The van der Waals surface area contributed by atoms with Crippen molar-refractivity contribution in [2.45, 2.75) is 13.3 Å². The second kappa shape index (κ2) is 9.17. The Bertz CT molecular complexity index is 943. The van der Waals surface area contributed by atoms with E-state index >= 15 is 0 Å². The number of methoxy groups -OCH3 is 1. The molecular weight excluding hydrogens is 396 g/mol. The lowest BCUT2D eigenvalue weighted by Gasteiger charge is -2.10. The minimum Gasteiger partial charge on any atom is -0.493 e. The molecule has 3 rings (SSSR count). The molecule has 2 aromatic rings. The highest BCUT2D eigenvalue weighted by molar-refractivity contribution is 8.18. The third-order valence-electron chi connectivity index (χ3n) is 4.02. The van der Waals surface area contributed by atoms with E-state index in [2.05, 4.69) is 4.99 Å². The molecule has 1 aliphatic rings. The van der Waals surface area contributed by atoms with Gasteiger partial charge in [-0.15, -0.1) is 0 Å². The average Bonchev–Trinajstić information content (AvgIpc) is 2.96. The zero-order valence-electron chi connectivity index (χ0n) is 15.9. The summed E-state index contributed by atoms with van der Waals surface area (Å²) in [6.07, 6.45) is 2.74. The number of carbonyl (C=O) groups is 1. The van der Waals surface area contributed by atoms with Gasteiger partial charge in [0.25, 0.3) is 5.91 Å². The smallest absolute Gasteiger partial charge is 0.266 e. The predicted molar refractivity (Wildman–Crippen MR) is 116 cm³/mol. The molecule has 1 fully saturated rings. The quantitative estimate of drug-likeness (QED) is 0.594. The number of hydrogen-bond acceptors (Lipinski definition) is 5. The number of amidine groups is 1. The maximum Gasteiger partial charge on any atom is 0.266 e. The van der Waals surface area contributed by atoms with Crippen molar-refractivity contribution in [3.8, 4) is 11.5 Å². The van der Waals surface area contributed by atoms with Crippen LogP contribution < -0.4 is 9.47 Å². The number of hydrogen-bond donors (Lipinski definition) is 0. The molecule has 1 aliphatic heterocycles. The van der Waals surface area contributed by atoms with Crippen molar-refractivity contribution >= 4 is 46.2 Å². The Morgan fingerprint density at radius 1 is 1.21 bits per heavy atom. The predicted octanol–water partition coefficient (Wildman–Crippen LogP) is 5.37. The molecule has 146 valence electrons. The molecule has 2 aromatic carbocycles. The number of rotatable bonds is 6. The molecular formula is C21H21ClN2O3S. The van der Waals surface area contributed by atoms with Gasteiger partial charge in [-0.25, -0.2) is 4.99 Å². The van der Waals surface area contributed by atoms with Gasteiger partial charge in [0.15, 0.2) is 16.7 Å². The maximum atomic E-state index is 12.6. The second-order valence-electron chi connectivity index (χ2n) is 6.08. The summed E-state index contributed by atoms with van der Waals surface area (Å²) in [4.78, 5) is 19.3. The molecule has 1 amide bonds. The van der Waals surface area contributed by atoms with Gasteiger partial charge in [-0.2, -0.15) is 0 Å². The minimum atomic E-state index is -0.110. The second-order valence-corrected chi connectivity index (χ2v) is 7.50. The molecule has 1 heterocycles. The van der Waals surface area contributed by atoms with Crippen molar-refractivity contribution in [1.82, 2.24) is 4.90 Å². The molecule has 0 radical (unpaired) electrons. The number of thioether (sulfide) groups is 1. The van der Waals surface area contributed by atoms with Crippen LogP contribution in [0.4, 0.5) is 5.69 Å². The van der Waals surface area contributed by atoms with E-state index in [0.717, 1.165) is 12.0 Å². The van der Waals surface area contributed by atoms with Crippen LogP contribution in [0.3, 0.4) is 0 Å². The largest absolute Gasteiger partial charge is 0.493 e. The monoisotopic (exact) mass is 416 g/mol. The van der Waals surface area contributed by atoms with Gasteiger partial charge in [-0.1, -0.05) is 36.7 Å². The van der Waals surface area contributed by atoms with Crippen LogP contribution in [-0.4, -0.2) is 36.7 Å². The van der Waals surface area contributed by atoms with Gasteiger partial charge >= 0.3 is 0 Å². The summed E-state index contributed by atoms with van der Waals surface area (Å²) in [7, 11) is 3.30. The van der Waals surface area contributed by atoms with Crippen molar-refractivity contribution < 1.29 is 14.3 Å². The summed E-state index contributed by atoms with van der Waals surface area (Å²) in [5, 5.41) is 1.13. The van der Waals surface area contributed by atoms with Crippen LogP contribution in [0, 0.1) is 0 Å². The topological polar surface area (TPSA) is 51.1 Å². The first kappa shape index (κ1) is 20.3. The van der Waals surface area contributed by atoms with Gasteiger partial charge in [0.05, 0.1) is 29.3 Å². The van der Waals surface area contributed by atoms with Gasteiger partial charge in [-0.05, 0) is 54.1 Å². The lowest BCUT2D eigenvalue weighted by Crippen LogP contribution is -2.23. The molecule has 0 aromatic heterocycles. The van der Waals surface area contributed by atoms with Crippen LogP contribution in [0.25, 0.3) is 6.08 Å². The van der Waals surface area contributed by atoms with Crippen LogP contribution in [-0.2, 0) is 4.79 Å². The first-order chi connectivity index (χ1) is 13.5.